The fourth-order valence-corrected chi connectivity index (χ4v) is 3.23. The van der Waals surface area contributed by atoms with Gasteiger partial charge in [0.15, 0.2) is 11.4 Å². The molecular weight excluding hydrogens is 386 g/mol. The van der Waals surface area contributed by atoms with Gasteiger partial charge < -0.3 is 24.7 Å². The van der Waals surface area contributed by atoms with Crippen molar-refractivity contribution in [3.63, 3.8) is 0 Å². The first-order valence-corrected chi connectivity index (χ1v) is 9.69. The van der Waals surface area contributed by atoms with Crippen LogP contribution in [0.4, 0.5) is 5.69 Å². The van der Waals surface area contributed by atoms with Crippen LogP contribution in [-0.4, -0.2) is 23.2 Å². The average Bonchev–Trinajstić information content (AvgIpc) is 2.72. The van der Waals surface area contributed by atoms with E-state index in [1.54, 1.807) is 32.2 Å². The summed E-state index contributed by atoms with van der Waals surface area (Å²) < 4.78 is 10.6. The first-order chi connectivity index (χ1) is 14.2. The fourth-order valence-electron chi connectivity index (χ4n) is 3.23. The van der Waals surface area contributed by atoms with Crippen molar-refractivity contribution in [3.05, 3.63) is 57.4 Å². The number of fused-ring (bicyclic) bond motifs is 1. The standard InChI is InChI=1S/C23H25NO6/c1-12(2)5-6-14-11-15(7-10-18(14)29-4)22(27)24-19-20(26)16-8-9-17(25)13(3)21(16)30-23(19)28/h7-12,25-26H,5-6H2,1-4H3,(H,24,27). The molecule has 1 heterocycles. The molecule has 3 N–H and O–H groups in total. The lowest BCUT2D eigenvalue weighted by Gasteiger charge is -2.13. The van der Waals surface area contributed by atoms with E-state index in [9.17, 15) is 19.8 Å². The molecule has 1 aromatic heterocycles. The predicted molar refractivity (Wildman–Crippen MR) is 115 cm³/mol. The molecular formula is C23H25NO6. The first kappa shape index (κ1) is 21.2. The van der Waals surface area contributed by atoms with Crippen LogP contribution in [-0.2, 0) is 6.42 Å². The van der Waals surface area contributed by atoms with Crippen molar-refractivity contribution in [2.75, 3.05) is 12.4 Å². The number of anilines is 1. The Hall–Kier alpha value is -3.48. The summed E-state index contributed by atoms with van der Waals surface area (Å²) in [4.78, 5) is 25.2. The van der Waals surface area contributed by atoms with Crippen LogP contribution >= 0.6 is 0 Å². The number of methoxy groups -OCH3 is 1. The molecule has 0 saturated carbocycles. The Morgan fingerprint density at radius 1 is 1.20 bits per heavy atom. The monoisotopic (exact) mass is 411 g/mol. The summed E-state index contributed by atoms with van der Waals surface area (Å²) in [5.41, 5.74) is 0.349. The van der Waals surface area contributed by atoms with Crippen LogP contribution in [0.2, 0.25) is 0 Å². The molecule has 0 saturated heterocycles. The fraction of sp³-hybridized carbons (Fsp3) is 0.304. The molecule has 30 heavy (non-hydrogen) atoms. The lowest BCUT2D eigenvalue weighted by molar-refractivity contribution is 0.102. The number of carbonyl (C=O) groups excluding carboxylic acids is 1. The summed E-state index contributed by atoms with van der Waals surface area (Å²) >= 11 is 0. The third-order valence-electron chi connectivity index (χ3n) is 5.04. The minimum atomic E-state index is -0.907. The van der Waals surface area contributed by atoms with Crippen LogP contribution in [0.5, 0.6) is 17.2 Å². The summed E-state index contributed by atoms with van der Waals surface area (Å²) in [5.74, 6) is 0.158. The van der Waals surface area contributed by atoms with Gasteiger partial charge in [-0.2, -0.15) is 0 Å². The Balaban J connectivity index is 1.96. The van der Waals surface area contributed by atoms with Crippen molar-refractivity contribution in [2.24, 2.45) is 5.92 Å². The van der Waals surface area contributed by atoms with Crippen molar-refractivity contribution in [1.82, 2.24) is 0 Å². The van der Waals surface area contributed by atoms with E-state index in [4.69, 9.17) is 9.15 Å². The summed E-state index contributed by atoms with van der Waals surface area (Å²) in [7, 11) is 1.58. The third kappa shape index (κ3) is 4.10. The average molecular weight is 411 g/mol. The van der Waals surface area contributed by atoms with Crippen LogP contribution < -0.4 is 15.7 Å². The summed E-state index contributed by atoms with van der Waals surface area (Å²) in [6, 6.07) is 7.82. The van der Waals surface area contributed by atoms with Crippen LogP contribution in [0, 0.1) is 12.8 Å². The van der Waals surface area contributed by atoms with Gasteiger partial charge in [0.05, 0.1) is 12.5 Å². The smallest absolute Gasteiger partial charge is 0.364 e. The second-order valence-corrected chi connectivity index (χ2v) is 7.61. The third-order valence-corrected chi connectivity index (χ3v) is 5.04. The van der Waals surface area contributed by atoms with Gasteiger partial charge in [-0.15, -0.1) is 0 Å². The van der Waals surface area contributed by atoms with Crippen molar-refractivity contribution < 1.29 is 24.2 Å². The molecule has 2 aromatic carbocycles. The number of aryl methyl sites for hydroxylation is 2. The molecule has 158 valence electrons. The topological polar surface area (TPSA) is 109 Å². The molecule has 0 unspecified atom stereocenters. The van der Waals surface area contributed by atoms with Crippen LogP contribution in [0.15, 0.2) is 39.5 Å². The molecule has 0 aliphatic carbocycles. The number of carbonyl (C=O) groups is 1. The molecule has 0 aliphatic rings. The number of ether oxygens (including phenoxy) is 1. The quantitative estimate of drug-likeness (QED) is 0.520. The highest BCUT2D eigenvalue weighted by Crippen LogP contribution is 2.34. The molecule has 0 atom stereocenters. The summed E-state index contributed by atoms with van der Waals surface area (Å²) in [6.07, 6.45) is 1.68. The minimum absolute atomic E-state index is 0.0611. The number of nitrogens with one attached hydrogen (secondary N) is 1. The molecule has 0 bridgehead atoms. The molecule has 0 spiro atoms. The highest BCUT2D eigenvalue weighted by Gasteiger charge is 2.20. The van der Waals surface area contributed by atoms with Crippen LogP contribution in [0.25, 0.3) is 11.0 Å². The molecule has 0 fully saturated rings. The lowest BCUT2D eigenvalue weighted by Crippen LogP contribution is -2.18. The van der Waals surface area contributed by atoms with Gasteiger partial charge in [-0.3, -0.25) is 4.79 Å². The summed E-state index contributed by atoms with van der Waals surface area (Å²) in [6.45, 7) is 5.80. The van der Waals surface area contributed by atoms with E-state index < -0.39 is 17.3 Å². The maximum Gasteiger partial charge on any atom is 0.364 e. The zero-order chi connectivity index (χ0) is 22.0. The highest BCUT2D eigenvalue weighted by atomic mass is 16.5. The van der Waals surface area contributed by atoms with Gasteiger partial charge in [0.25, 0.3) is 5.91 Å². The van der Waals surface area contributed by atoms with Gasteiger partial charge in [-0.25, -0.2) is 4.79 Å². The van der Waals surface area contributed by atoms with Crippen molar-refractivity contribution in [1.29, 1.82) is 0 Å². The van der Waals surface area contributed by atoms with Crippen LogP contribution in [0.1, 0.15) is 41.8 Å². The van der Waals surface area contributed by atoms with Crippen molar-refractivity contribution in [3.8, 4) is 17.2 Å². The molecule has 3 aromatic rings. The van der Waals surface area contributed by atoms with E-state index in [2.05, 4.69) is 19.2 Å². The largest absolute Gasteiger partial charge is 0.508 e. The Kier molecular flexibility index (Phi) is 6.01. The maximum atomic E-state index is 12.8. The van der Waals surface area contributed by atoms with Crippen molar-refractivity contribution in [2.45, 2.75) is 33.6 Å². The number of phenols is 1. The molecule has 1 amide bonds. The Morgan fingerprint density at radius 3 is 2.60 bits per heavy atom. The van der Waals surface area contributed by atoms with E-state index in [0.717, 1.165) is 18.4 Å². The number of aromatic hydroxyl groups is 2. The number of amides is 1. The number of rotatable bonds is 6. The van der Waals surface area contributed by atoms with E-state index >= 15 is 0 Å². The molecule has 0 aliphatic heterocycles. The normalized spacial score (nSPS) is 11.1. The highest BCUT2D eigenvalue weighted by molar-refractivity contribution is 6.06. The van der Waals surface area contributed by atoms with Gasteiger partial charge in [0.1, 0.15) is 17.1 Å². The van der Waals surface area contributed by atoms with E-state index in [-0.39, 0.29) is 22.4 Å². The number of hydrogen-bond acceptors (Lipinski definition) is 6. The molecule has 7 heteroatoms. The predicted octanol–water partition coefficient (Wildman–Crippen LogP) is 4.36. The molecule has 7 nitrogen and oxygen atoms in total. The summed E-state index contributed by atoms with van der Waals surface area (Å²) in [5, 5.41) is 23.0. The first-order valence-electron chi connectivity index (χ1n) is 9.69. The minimum Gasteiger partial charge on any atom is -0.508 e. The molecule has 3 rings (SSSR count). The van der Waals surface area contributed by atoms with E-state index in [0.29, 0.717) is 22.8 Å². The van der Waals surface area contributed by atoms with Gasteiger partial charge in [0.2, 0.25) is 0 Å². The number of hydrogen-bond donors (Lipinski definition) is 3. The zero-order valence-corrected chi connectivity index (χ0v) is 17.4. The number of benzene rings is 2. The Morgan fingerprint density at radius 2 is 1.93 bits per heavy atom. The SMILES string of the molecule is COc1ccc(C(=O)Nc2c(O)c3ccc(O)c(C)c3oc2=O)cc1CCC(C)C. The Labute approximate surface area is 173 Å². The maximum absolute atomic E-state index is 12.8. The Bertz CT molecular complexity index is 1160. The van der Waals surface area contributed by atoms with Gasteiger partial charge in [-0.05, 0) is 61.6 Å². The lowest BCUT2D eigenvalue weighted by atomic mass is 10.00. The second kappa shape index (κ2) is 8.49. The zero-order valence-electron chi connectivity index (χ0n) is 17.4. The van der Waals surface area contributed by atoms with Crippen LogP contribution in [0.3, 0.4) is 0 Å². The van der Waals surface area contributed by atoms with E-state index in [1.807, 2.05) is 0 Å². The van der Waals surface area contributed by atoms with Gasteiger partial charge >= 0.3 is 5.63 Å². The van der Waals surface area contributed by atoms with Gasteiger partial charge in [0, 0.05) is 11.1 Å². The van der Waals surface area contributed by atoms with E-state index in [1.165, 1.54) is 12.1 Å². The van der Waals surface area contributed by atoms with Gasteiger partial charge in [-0.1, -0.05) is 13.8 Å². The molecule has 0 radical (unpaired) electrons. The number of phenolic OH excluding ortho intramolecular Hbond substituents is 1. The van der Waals surface area contributed by atoms with Crippen molar-refractivity contribution >= 4 is 22.6 Å². The second-order valence-electron chi connectivity index (χ2n) is 7.61.